The van der Waals surface area contributed by atoms with E-state index in [4.69, 9.17) is 0 Å². The van der Waals surface area contributed by atoms with Gasteiger partial charge in [0.25, 0.3) is 0 Å². The number of hydrogen-bond acceptors (Lipinski definition) is 3. The van der Waals surface area contributed by atoms with Crippen molar-refractivity contribution in [3.8, 4) is 0 Å². The maximum absolute atomic E-state index is 12.0. The molecule has 0 amide bonds. The summed E-state index contributed by atoms with van der Waals surface area (Å²) in [6.07, 6.45) is 0. The molecule has 1 aromatic carbocycles. The third-order valence-corrected chi connectivity index (χ3v) is 3.75. The molecule has 5 heteroatoms. The molecule has 0 aliphatic rings. The Hall–Kier alpha value is -1.20. The van der Waals surface area contributed by atoms with Crippen molar-refractivity contribution in [1.82, 2.24) is 4.72 Å². The molecule has 0 bridgehead atoms. The number of carbonyl (C=O) groups excluding carboxylic acids is 1. The van der Waals surface area contributed by atoms with Crippen LogP contribution in [0.4, 0.5) is 0 Å². The zero-order chi connectivity index (χ0) is 13.3. The van der Waals surface area contributed by atoms with E-state index in [9.17, 15) is 13.2 Å². The molecule has 1 aromatic rings. The van der Waals surface area contributed by atoms with Gasteiger partial charge in [0.1, 0.15) is 0 Å². The highest BCUT2D eigenvalue weighted by Crippen LogP contribution is 2.14. The predicted molar refractivity (Wildman–Crippen MR) is 66.5 cm³/mol. The molecule has 0 saturated heterocycles. The first kappa shape index (κ1) is 13.9. The lowest BCUT2D eigenvalue weighted by Gasteiger charge is -2.20. The molecule has 0 fully saturated rings. The fourth-order valence-electron chi connectivity index (χ4n) is 1.34. The monoisotopic (exact) mass is 255 g/mol. The molecule has 0 aliphatic carbocycles. The van der Waals surface area contributed by atoms with Crippen molar-refractivity contribution in [3.63, 3.8) is 0 Å². The largest absolute Gasteiger partial charge is 0.295 e. The summed E-state index contributed by atoms with van der Waals surface area (Å²) in [7, 11) is -3.58. The predicted octanol–water partition coefficient (Wildman–Crippen LogP) is 1.97. The van der Waals surface area contributed by atoms with Gasteiger partial charge in [-0.05, 0) is 39.8 Å². The number of nitrogens with one attached hydrogen (secondary N) is 1. The maximum Gasteiger partial charge on any atom is 0.241 e. The molecule has 0 heterocycles. The summed E-state index contributed by atoms with van der Waals surface area (Å²) in [6.45, 7) is 6.70. The van der Waals surface area contributed by atoms with E-state index in [2.05, 4.69) is 4.72 Å². The molecule has 0 atom stereocenters. The van der Waals surface area contributed by atoms with Gasteiger partial charge >= 0.3 is 0 Å². The van der Waals surface area contributed by atoms with E-state index in [-0.39, 0.29) is 10.7 Å². The first-order valence-electron chi connectivity index (χ1n) is 5.27. The quantitative estimate of drug-likeness (QED) is 0.840. The topological polar surface area (TPSA) is 63.2 Å². The number of benzene rings is 1. The van der Waals surface area contributed by atoms with Gasteiger partial charge in [0.2, 0.25) is 10.0 Å². The maximum atomic E-state index is 12.0. The highest BCUT2D eigenvalue weighted by atomic mass is 32.2. The van der Waals surface area contributed by atoms with Gasteiger partial charge in [-0.25, -0.2) is 13.1 Å². The Kier molecular flexibility index (Phi) is 3.74. The van der Waals surface area contributed by atoms with Crippen molar-refractivity contribution in [1.29, 1.82) is 0 Å². The number of ketones is 1. The Balaban J connectivity index is 3.16. The lowest BCUT2D eigenvalue weighted by Crippen LogP contribution is -2.40. The van der Waals surface area contributed by atoms with Crippen LogP contribution in [0.3, 0.4) is 0 Å². The molecule has 17 heavy (non-hydrogen) atoms. The highest BCUT2D eigenvalue weighted by Gasteiger charge is 2.22. The van der Waals surface area contributed by atoms with E-state index in [0.717, 1.165) is 0 Å². The number of hydrogen-bond donors (Lipinski definition) is 1. The Morgan fingerprint density at radius 3 is 2.29 bits per heavy atom. The second-order valence-electron chi connectivity index (χ2n) is 4.94. The normalized spacial score (nSPS) is 12.5. The molecule has 1 N–H and O–H groups in total. The standard InChI is InChI=1S/C12H17NO3S/c1-9(14)10-6-5-7-11(8-10)17(15,16)13-12(2,3)4/h5-8,13H,1-4H3. The Bertz CT molecular complexity index is 527. The zero-order valence-corrected chi connectivity index (χ0v) is 11.3. The number of sulfonamides is 1. The molecule has 1 rings (SSSR count). The number of carbonyl (C=O) groups is 1. The van der Waals surface area contributed by atoms with E-state index >= 15 is 0 Å². The summed E-state index contributed by atoms with van der Waals surface area (Å²) >= 11 is 0. The van der Waals surface area contributed by atoms with Crippen molar-refractivity contribution in [2.24, 2.45) is 0 Å². The van der Waals surface area contributed by atoms with Crippen LogP contribution in [0.25, 0.3) is 0 Å². The Labute approximate surface area is 102 Å². The molecular weight excluding hydrogens is 238 g/mol. The van der Waals surface area contributed by atoms with Crippen LogP contribution in [0, 0.1) is 0 Å². The molecule has 94 valence electrons. The van der Waals surface area contributed by atoms with Crippen molar-refractivity contribution >= 4 is 15.8 Å². The summed E-state index contributed by atoms with van der Waals surface area (Å²) in [5.74, 6) is -0.155. The van der Waals surface area contributed by atoms with Crippen molar-refractivity contribution in [3.05, 3.63) is 29.8 Å². The first-order chi connectivity index (χ1) is 7.62. The fraction of sp³-hybridized carbons (Fsp3) is 0.417. The van der Waals surface area contributed by atoms with Crippen LogP contribution in [0.5, 0.6) is 0 Å². The van der Waals surface area contributed by atoms with Gasteiger partial charge in [-0.1, -0.05) is 12.1 Å². The SMILES string of the molecule is CC(=O)c1cccc(S(=O)(=O)NC(C)(C)C)c1. The van der Waals surface area contributed by atoms with Crippen LogP contribution in [0.2, 0.25) is 0 Å². The van der Waals surface area contributed by atoms with Crippen molar-refractivity contribution in [2.45, 2.75) is 38.1 Å². The molecule has 0 saturated carbocycles. The number of Topliss-reactive ketones (excluding diaryl/α,β-unsaturated/α-hetero) is 1. The minimum Gasteiger partial charge on any atom is -0.295 e. The number of rotatable bonds is 3. The lowest BCUT2D eigenvalue weighted by atomic mass is 10.1. The summed E-state index contributed by atoms with van der Waals surface area (Å²) in [6, 6.07) is 6.02. The van der Waals surface area contributed by atoms with Gasteiger partial charge in [-0.3, -0.25) is 4.79 Å². The third kappa shape index (κ3) is 3.94. The van der Waals surface area contributed by atoms with E-state index < -0.39 is 15.6 Å². The molecule has 4 nitrogen and oxygen atoms in total. The highest BCUT2D eigenvalue weighted by molar-refractivity contribution is 7.89. The van der Waals surface area contributed by atoms with Gasteiger partial charge in [0, 0.05) is 11.1 Å². The lowest BCUT2D eigenvalue weighted by molar-refractivity contribution is 0.101. The Morgan fingerprint density at radius 1 is 1.24 bits per heavy atom. The summed E-state index contributed by atoms with van der Waals surface area (Å²) < 4.78 is 26.5. The van der Waals surface area contributed by atoms with Gasteiger partial charge in [-0.15, -0.1) is 0 Å². The van der Waals surface area contributed by atoms with Crippen molar-refractivity contribution in [2.75, 3.05) is 0 Å². The van der Waals surface area contributed by atoms with Crippen LogP contribution in [-0.4, -0.2) is 19.7 Å². The average Bonchev–Trinajstić information content (AvgIpc) is 2.14. The average molecular weight is 255 g/mol. The van der Waals surface area contributed by atoms with Gasteiger partial charge < -0.3 is 0 Å². The van der Waals surface area contributed by atoms with E-state index in [1.54, 1.807) is 32.9 Å². The van der Waals surface area contributed by atoms with Crippen LogP contribution >= 0.6 is 0 Å². The minimum atomic E-state index is -3.58. The fourth-order valence-corrected chi connectivity index (χ4v) is 2.81. The van der Waals surface area contributed by atoms with Gasteiger partial charge in [-0.2, -0.15) is 0 Å². The molecule has 0 radical (unpaired) electrons. The van der Waals surface area contributed by atoms with Crippen LogP contribution in [0.1, 0.15) is 38.1 Å². The molecule has 0 aromatic heterocycles. The van der Waals surface area contributed by atoms with Crippen molar-refractivity contribution < 1.29 is 13.2 Å². The third-order valence-electron chi connectivity index (χ3n) is 1.99. The van der Waals surface area contributed by atoms with E-state index in [1.165, 1.54) is 19.1 Å². The molecule has 0 aliphatic heterocycles. The molecular formula is C12H17NO3S. The minimum absolute atomic E-state index is 0.111. The van der Waals surface area contributed by atoms with E-state index in [1.807, 2.05) is 0 Å². The summed E-state index contributed by atoms with van der Waals surface area (Å²) in [4.78, 5) is 11.3. The second kappa shape index (κ2) is 4.58. The van der Waals surface area contributed by atoms with Crippen LogP contribution in [-0.2, 0) is 10.0 Å². The van der Waals surface area contributed by atoms with Crippen LogP contribution in [0.15, 0.2) is 29.2 Å². The molecule has 0 spiro atoms. The summed E-state index contributed by atoms with van der Waals surface area (Å²) in [5.41, 5.74) is -0.160. The first-order valence-corrected chi connectivity index (χ1v) is 6.75. The Morgan fingerprint density at radius 2 is 1.82 bits per heavy atom. The van der Waals surface area contributed by atoms with E-state index in [0.29, 0.717) is 5.56 Å². The summed E-state index contributed by atoms with van der Waals surface area (Å²) in [5, 5.41) is 0. The molecule has 0 unspecified atom stereocenters. The van der Waals surface area contributed by atoms with Gasteiger partial charge in [0.05, 0.1) is 4.90 Å². The zero-order valence-electron chi connectivity index (χ0n) is 10.4. The van der Waals surface area contributed by atoms with Gasteiger partial charge in [0.15, 0.2) is 5.78 Å². The second-order valence-corrected chi connectivity index (χ2v) is 6.62. The smallest absolute Gasteiger partial charge is 0.241 e. The van der Waals surface area contributed by atoms with Crippen LogP contribution < -0.4 is 4.72 Å².